The van der Waals surface area contributed by atoms with Gasteiger partial charge in [-0.15, -0.1) is 0 Å². The van der Waals surface area contributed by atoms with Crippen LogP contribution in [0.4, 0.5) is 0 Å². The first-order valence-electron chi connectivity index (χ1n) is 8.81. The third-order valence-corrected chi connectivity index (χ3v) is 7.35. The van der Waals surface area contributed by atoms with E-state index in [1.54, 1.807) is 11.1 Å². The molecule has 3 aliphatic rings. The summed E-state index contributed by atoms with van der Waals surface area (Å²) in [6.45, 7) is 14.0. The van der Waals surface area contributed by atoms with Crippen LogP contribution in [0.2, 0.25) is 0 Å². The minimum atomic E-state index is -0.258. The number of aliphatic hydroxyl groups excluding tert-OH is 1. The molecule has 2 saturated carbocycles. The Morgan fingerprint density at radius 1 is 1.10 bits per heavy atom. The molecule has 3 rings (SSSR count). The lowest BCUT2D eigenvalue weighted by atomic mass is 9.52. The van der Waals surface area contributed by atoms with Crippen molar-refractivity contribution in [3.05, 3.63) is 23.3 Å². The number of allylic oxidation sites excluding steroid dienone is 2. The van der Waals surface area contributed by atoms with Gasteiger partial charge in [0.25, 0.3) is 0 Å². The summed E-state index contributed by atoms with van der Waals surface area (Å²) in [7, 11) is 0. The molecule has 0 saturated heterocycles. The first-order chi connectivity index (χ1) is 9.75. The molecule has 4 atom stereocenters. The molecule has 0 aromatic carbocycles. The predicted molar refractivity (Wildman–Crippen MR) is 89.0 cm³/mol. The lowest BCUT2D eigenvalue weighted by Crippen LogP contribution is -2.44. The van der Waals surface area contributed by atoms with Gasteiger partial charge in [0.2, 0.25) is 0 Å². The van der Waals surface area contributed by atoms with Crippen LogP contribution < -0.4 is 0 Å². The Hall–Kier alpha value is -0.560. The first-order valence-corrected chi connectivity index (χ1v) is 8.81. The van der Waals surface area contributed by atoms with Gasteiger partial charge in [0.1, 0.15) is 0 Å². The highest BCUT2D eigenvalue weighted by atomic mass is 16.3. The number of hydrogen-bond donors (Lipinski definition) is 1. The van der Waals surface area contributed by atoms with Crippen molar-refractivity contribution < 1.29 is 5.11 Å². The monoisotopic (exact) mass is 288 g/mol. The molecular formula is C20H32O. The van der Waals surface area contributed by atoms with E-state index in [1.165, 1.54) is 32.1 Å². The van der Waals surface area contributed by atoms with E-state index < -0.39 is 0 Å². The van der Waals surface area contributed by atoms with Gasteiger partial charge in [-0.2, -0.15) is 0 Å². The lowest BCUT2D eigenvalue weighted by Gasteiger charge is -2.53. The Morgan fingerprint density at radius 2 is 1.81 bits per heavy atom. The summed E-state index contributed by atoms with van der Waals surface area (Å²) in [4.78, 5) is 0. The van der Waals surface area contributed by atoms with Gasteiger partial charge in [0.15, 0.2) is 0 Å². The van der Waals surface area contributed by atoms with E-state index >= 15 is 0 Å². The molecule has 1 nitrogen and oxygen atoms in total. The Morgan fingerprint density at radius 3 is 2.52 bits per heavy atom. The van der Waals surface area contributed by atoms with Gasteiger partial charge in [-0.25, -0.2) is 0 Å². The molecule has 0 radical (unpaired) electrons. The third-order valence-electron chi connectivity index (χ3n) is 7.35. The molecule has 0 amide bonds. The zero-order valence-corrected chi connectivity index (χ0v) is 14.3. The summed E-state index contributed by atoms with van der Waals surface area (Å²) in [5, 5.41) is 10.3. The zero-order chi connectivity index (χ0) is 15.4. The van der Waals surface area contributed by atoms with E-state index in [2.05, 4.69) is 34.3 Å². The van der Waals surface area contributed by atoms with Gasteiger partial charge in [-0.1, -0.05) is 38.5 Å². The molecule has 0 aromatic heterocycles. The number of hydrogen-bond acceptors (Lipinski definition) is 1. The van der Waals surface area contributed by atoms with Crippen molar-refractivity contribution in [3.63, 3.8) is 0 Å². The molecule has 1 N–H and O–H groups in total. The van der Waals surface area contributed by atoms with Gasteiger partial charge in [0.05, 0.1) is 6.10 Å². The van der Waals surface area contributed by atoms with Crippen molar-refractivity contribution >= 4 is 0 Å². The molecule has 21 heavy (non-hydrogen) atoms. The summed E-state index contributed by atoms with van der Waals surface area (Å²) in [5.74, 6) is 1.27. The molecule has 0 aliphatic heterocycles. The fourth-order valence-corrected chi connectivity index (χ4v) is 5.58. The van der Waals surface area contributed by atoms with Crippen LogP contribution >= 0.6 is 0 Å². The zero-order valence-electron chi connectivity index (χ0n) is 14.3. The SMILES string of the molecule is C=C1[C@H](O)CC[C@@]2(C)CCC3=C(C)CC[C@@H](C[C@@H]12)C3(C)C. The van der Waals surface area contributed by atoms with Crippen LogP contribution in [0.5, 0.6) is 0 Å². The average molecular weight is 288 g/mol. The van der Waals surface area contributed by atoms with Crippen molar-refractivity contribution in [1.82, 2.24) is 0 Å². The maximum absolute atomic E-state index is 10.3. The van der Waals surface area contributed by atoms with E-state index in [9.17, 15) is 5.11 Å². The minimum absolute atomic E-state index is 0.258. The van der Waals surface area contributed by atoms with Crippen molar-refractivity contribution in [3.8, 4) is 0 Å². The highest BCUT2D eigenvalue weighted by Crippen LogP contribution is 2.58. The van der Waals surface area contributed by atoms with Crippen LogP contribution in [0.25, 0.3) is 0 Å². The molecule has 0 aromatic rings. The van der Waals surface area contributed by atoms with Gasteiger partial charge >= 0.3 is 0 Å². The van der Waals surface area contributed by atoms with Crippen LogP contribution in [0.15, 0.2) is 23.3 Å². The lowest BCUT2D eigenvalue weighted by molar-refractivity contribution is 0.0289. The predicted octanol–water partition coefficient (Wildman–Crippen LogP) is 5.26. The van der Waals surface area contributed by atoms with Crippen LogP contribution in [0, 0.1) is 22.7 Å². The third kappa shape index (κ3) is 2.32. The average Bonchev–Trinajstić information content (AvgIpc) is 2.40. The van der Waals surface area contributed by atoms with E-state index in [0.29, 0.717) is 16.7 Å². The summed E-state index contributed by atoms with van der Waals surface area (Å²) in [6.07, 6.45) is 8.18. The van der Waals surface area contributed by atoms with Crippen LogP contribution in [-0.2, 0) is 0 Å². The molecule has 0 unspecified atom stereocenters. The van der Waals surface area contributed by atoms with Crippen LogP contribution in [0.3, 0.4) is 0 Å². The number of fused-ring (bicyclic) bond motifs is 3. The largest absolute Gasteiger partial charge is 0.389 e. The molecule has 3 aliphatic carbocycles. The number of aliphatic hydroxyl groups is 1. The second-order valence-electron chi connectivity index (χ2n) is 8.79. The van der Waals surface area contributed by atoms with Crippen molar-refractivity contribution in [1.29, 1.82) is 0 Å². The Balaban J connectivity index is 1.99. The van der Waals surface area contributed by atoms with Crippen LogP contribution in [-0.4, -0.2) is 11.2 Å². The maximum atomic E-state index is 10.3. The molecule has 118 valence electrons. The van der Waals surface area contributed by atoms with Gasteiger partial charge < -0.3 is 5.11 Å². The second-order valence-corrected chi connectivity index (χ2v) is 8.79. The van der Waals surface area contributed by atoms with E-state index in [0.717, 1.165) is 24.3 Å². The number of rotatable bonds is 0. The van der Waals surface area contributed by atoms with Crippen LogP contribution in [0.1, 0.15) is 72.6 Å². The molecule has 1 heteroatoms. The fraction of sp³-hybridized carbons (Fsp3) is 0.800. The van der Waals surface area contributed by atoms with Crippen molar-refractivity contribution in [2.45, 2.75) is 78.7 Å². The second kappa shape index (κ2) is 4.98. The van der Waals surface area contributed by atoms with Gasteiger partial charge in [0, 0.05) is 0 Å². The highest BCUT2D eigenvalue weighted by Gasteiger charge is 2.48. The normalized spacial score (nSPS) is 43.1. The molecule has 2 bridgehead atoms. The molecule has 0 spiro atoms. The standard InChI is InChI=1S/C20H32O/c1-13-6-7-15-12-17-14(2)18(21)9-11-20(17,5)10-8-16(13)19(15,3)4/h15,17-18,21H,2,6-12H2,1,3-5H3/t15-,17-,18+,20+/m0/s1. The summed E-state index contributed by atoms with van der Waals surface area (Å²) >= 11 is 0. The summed E-state index contributed by atoms with van der Waals surface area (Å²) in [6, 6.07) is 0. The first kappa shape index (κ1) is 15.3. The van der Waals surface area contributed by atoms with E-state index in [4.69, 9.17) is 0 Å². The van der Waals surface area contributed by atoms with Crippen molar-refractivity contribution in [2.24, 2.45) is 22.7 Å². The fourth-order valence-electron chi connectivity index (χ4n) is 5.58. The van der Waals surface area contributed by atoms with Gasteiger partial charge in [-0.3, -0.25) is 0 Å². The molecule has 2 fully saturated rings. The molecule has 0 heterocycles. The topological polar surface area (TPSA) is 20.2 Å². The Bertz CT molecular complexity index is 484. The van der Waals surface area contributed by atoms with Gasteiger partial charge in [-0.05, 0) is 80.1 Å². The Labute approximate surface area is 130 Å². The summed E-state index contributed by atoms with van der Waals surface area (Å²) < 4.78 is 0. The minimum Gasteiger partial charge on any atom is -0.389 e. The molecular weight excluding hydrogens is 256 g/mol. The maximum Gasteiger partial charge on any atom is 0.0750 e. The van der Waals surface area contributed by atoms with Crippen molar-refractivity contribution in [2.75, 3.05) is 0 Å². The van der Waals surface area contributed by atoms with E-state index in [1.807, 2.05) is 0 Å². The highest BCUT2D eigenvalue weighted by molar-refractivity contribution is 5.27. The quantitative estimate of drug-likeness (QED) is 0.603. The Kier molecular flexibility index (Phi) is 3.64. The summed E-state index contributed by atoms with van der Waals surface area (Å²) in [5.41, 5.74) is 5.23. The smallest absolute Gasteiger partial charge is 0.0750 e. The van der Waals surface area contributed by atoms with E-state index in [-0.39, 0.29) is 6.10 Å².